The number of carbonyl (C=O) groups is 2. The van der Waals surface area contributed by atoms with Crippen LogP contribution in [0.15, 0.2) is 52.0 Å². The number of rotatable bonds is 6. The summed E-state index contributed by atoms with van der Waals surface area (Å²) in [5.74, 6) is -0.471. The Morgan fingerprint density at radius 2 is 2.23 bits per heavy atom. The Balaban J connectivity index is 1.93. The number of amides is 1. The van der Waals surface area contributed by atoms with E-state index in [1.54, 1.807) is 42.7 Å². The van der Waals surface area contributed by atoms with Gasteiger partial charge in [0.2, 0.25) is 0 Å². The largest absolute Gasteiger partial charge is 0.481 e. The molecule has 0 atom stereocenters. The summed E-state index contributed by atoms with van der Waals surface area (Å²) < 4.78 is 5.52. The second kappa shape index (κ2) is 7.77. The van der Waals surface area contributed by atoms with Gasteiger partial charge in [-0.05, 0) is 24.3 Å². The zero-order valence-electron chi connectivity index (χ0n) is 11.5. The van der Waals surface area contributed by atoms with Crippen LogP contribution in [0.25, 0.3) is 6.08 Å². The SMILES string of the molecule is O=C(O)CCN1C(=O)C(=CC=CC=Cc2ccco2)SC1=S. The smallest absolute Gasteiger partial charge is 0.305 e. The monoisotopic (exact) mass is 335 g/mol. The summed E-state index contributed by atoms with van der Waals surface area (Å²) in [6.07, 6.45) is 10.2. The number of hydrogen-bond donors (Lipinski definition) is 1. The number of thiocarbonyl (C=S) groups is 1. The van der Waals surface area contributed by atoms with E-state index in [0.29, 0.717) is 9.23 Å². The Bertz CT molecular complexity index is 659. The van der Waals surface area contributed by atoms with Gasteiger partial charge in [-0.15, -0.1) is 0 Å². The van der Waals surface area contributed by atoms with Gasteiger partial charge in [-0.1, -0.05) is 42.2 Å². The normalized spacial score (nSPS) is 17.5. The van der Waals surface area contributed by atoms with Crippen LogP contribution in [-0.4, -0.2) is 32.7 Å². The third-order valence-electron chi connectivity index (χ3n) is 2.70. The molecule has 1 aromatic rings. The molecular formula is C15H13NO4S2. The first-order valence-electron chi connectivity index (χ1n) is 6.42. The molecule has 114 valence electrons. The number of carbonyl (C=O) groups excluding carboxylic acids is 1. The Labute approximate surface area is 137 Å². The first-order valence-corrected chi connectivity index (χ1v) is 7.64. The zero-order chi connectivity index (χ0) is 15.9. The van der Waals surface area contributed by atoms with E-state index in [1.165, 1.54) is 16.7 Å². The third kappa shape index (κ3) is 4.44. The summed E-state index contributed by atoms with van der Waals surface area (Å²) in [5, 5.41) is 8.66. The Morgan fingerprint density at radius 1 is 1.41 bits per heavy atom. The van der Waals surface area contributed by atoms with Crippen molar-refractivity contribution in [3.8, 4) is 0 Å². The van der Waals surface area contributed by atoms with Crippen molar-refractivity contribution in [3.05, 3.63) is 53.4 Å². The molecule has 1 aromatic heterocycles. The van der Waals surface area contributed by atoms with Gasteiger partial charge in [-0.2, -0.15) is 0 Å². The highest BCUT2D eigenvalue weighted by Gasteiger charge is 2.31. The molecule has 0 bridgehead atoms. The summed E-state index contributed by atoms with van der Waals surface area (Å²) in [7, 11) is 0. The summed E-state index contributed by atoms with van der Waals surface area (Å²) in [6, 6.07) is 3.63. The van der Waals surface area contributed by atoms with Crippen molar-refractivity contribution in [2.45, 2.75) is 6.42 Å². The highest BCUT2D eigenvalue weighted by atomic mass is 32.2. The molecule has 0 aromatic carbocycles. The predicted molar refractivity (Wildman–Crippen MR) is 89.1 cm³/mol. The molecule has 5 nitrogen and oxygen atoms in total. The lowest BCUT2D eigenvalue weighted by molar-refractivity contribution is -0.137. The molecule has 7 heteroatoms. The zero-order valence-corrected chi connectivity index (χ0v) is 13.1. The van der Waals surface area contributed by atoms with E-state index in [2.05, 4.69) is 0 Å². The standard InChI is InChI=1S/C15H13NO4S2/c17-13(18)8-9-16-14(19)12(22-15(16)21)7-3-1-2-5-11-6-4-10-20-11/h1-7,10H,8-9H2,(H,17,18). The average Bonchev–Trinajstić information content (AvgIpc) is 3.06. The number of aliphatic carboxylic acids is 1. The van der Waals surface area contributed by atoms with Crippen LogP contribution in [0.4, 0.5) is 0 Å². The molecule has 0 aliphatic carbocycles. The van der Waals surface area contributed by atoms with Crippen LogP contribution in [-0.2, 0) is 9.59 Å². The van der Waals surface area contributed by atoms with E-state index in [9.17, 15) is 9.59 Å². The van der Waals surface area contributed by atoms with Gasteiger partial charge in [0, 0.05) is 6.54 Å². The van der Waals surface area contributed by atoms with E-state index in [1.807, 2.05) is 6.07 Å². The van der Waals surface area contributed by atoms with E-state index < -0.39 is 5.97 Å². The number of hydrogen-bond acceptors (Lipinski definition) is 5. The number of nitrogens with zero attached hydrogens (tertiary/aromatic N) is 1. The molecule has 1 N–H and O–H groups in total. The molecule has 0 radical (unpaired) electrons. The first-order chi connectivity index (χ1) is 10.6. The van der Waals surface area contributed by atoms with Crippen molar-refractivity contribution in [3.63, 3.8) is 0 Å². The first kappa shape index (κ1) is 16.3. The third-order valence-corrected chi connectivity index (χ3v) is 4.09. The number of carboxylic acid groups (broad SMARTS) is 1. The lowest BCUT2D eigenvalue weighted by atomic mass is 10.3. The van der Waals surface area contributed by atoms with E-state index in [-0.39, 0.29) is 18.9 Å². The van der Waals surface area contributed by atoms with Crippen LogP contribution in [0.5, 0.6) is 0 Å². The van der Waals surface area contributed by atoms with Crippen LogP contribution in [0, 0.1) is 0 Å². The van der Waals surface area contributed by atoms with Crippen LogP contribution in [0.2, 0.25) is 0 Å². The minimum absolute atomic E-state index is 0.0967. The van der Waals surface area contributed by atoms with Gasteiger partial charge >= 0.3 is 5.97 Å². The molecular weight excluding hydrogens is 322 g/mol. The fourth-order valence-corrected chi connectivity index (χ4v) is 2.92. The minimum atomic E-state index is -0.957. The van der Waals surface area contributed by atoms with Crippen molar-refractivity contribution in [1.29, 1.82) is 0 Å². The average molecular weight is 335 g/mol. The molecule has 1 aliphatic heterocycles. The van der Waals surface area contributed by atoms with Gasteiger partial charge in [0.05, 0.1) is 17.6 Å². The van der Waals surface area contributed by atoms with Crippen LogP contribution < -0.4 is 0 Å². The molecule has 1 fully saturated rings. The number of furan rings is 1. The van der Waals surface area contributed by atoms with E-state index in [0.717, 1.165) is 5.76 Å². The predicted octanol–water partition coefficient (Wildman–Crippen LogP) is 3.07. The highest BCUT2D eigenvalue weighted by molar-refractivity contribution is 8.26. The Hall–Kier alpha value is -2.12. The molecule has 2 rings (SSSR count). The fourth-order valence-electron chi connectivity index (χ4n) is 1.66. The number of carboxylic acids is 1. The van der Waals surface area contributed by atoms with Gasteiger partial charge in [0.25, 0.3) is 5.91 Å². The molecule has 0 spiro atoms. The molecule has 1 amide bonds. The van der Waals surface area contributed by atoms with Crippen molar-refractivity contribution in [2.75, 3.05) is 6.54 Å². The van der Waals surface area contributed by atoms with Crippen LogP contribution >= 0.6 is 24.0 Å². The summed E-state index contributed by atoms with van der Waals surface area (Å²) in [6.45, 7) is 0.0967. The van der Waals surface area contributed by atoms with Crippen LogP contribution in [0.3, 0.4) is 0 Å². The highest BCUT2D eigenvalue weighted by Crippen LogP contribution is 2.30. The minimum Gasteiger partial charge on any atom is -0.481 e. The van der Waals surface area contributed by atoms with Gasteiger partial charge in [-0.3, -0.25) is 14.5 Å². The van der Waals surface area contributed by atoms with Gasteiger partial charge < -0.3 is 9.52 Å². The maximum atomic E-state index is 12.1. The number of thioether (sulfide) groups is 1. The van der Waals surface area contributed by atoms with E-state index >= 15 is 0 Å². The molecule has 1 aliphatic rings. The lowest BCUT2D eigenvalue weighted by Gasteiger charge is -2.12. The summed E-state index contributed by atoms with van der Waals surface area (Å²) in [5.41, 5.74) is 0. The Kier molecular flexibility index (Phi) is 5.74. The fraction of sp³-hybridized carbons (Fsp3) is 0.133. The second-order valence-corrected chi connectivity index (χ2v) is 5.93. The quantitative estimate of drug-likeness (QED) is 0.489. The van der Waals surface area contributed by atoms with Gasteiger partial charge in [-0.25, -0.2) is 0 Å². The summed E-state index contributed by atoms with van der Waals surface area (Å²) in [4.78, 5) is 24.4. The molecule has 2 heterocycles. The van der Waals surface area contributed by atoms with E-state index in [4.69, 9.17) is 21.7 Å². The Morgan fingerprint density at radius 3 is 2.91 bits per heavy atom. The van der Waals surface area contributed by atoms with Gasteiger partial charge in [0.15, 0.2) is 0 Å². The lowest BCUT2D eigenvalue weighted by Crippen LogP contribution is -2.30. The summed E-state index contributed by atoms with van der Waals surface area (Å²) >= 11 is 6.26. The molecule has 0 saturated carbocycles. The number of allylic oxidation sites excluding steroid dienone is 4. The molecule has 0 unspecified atom stereocenters. The maximum Gasteiger partial charge on any atom is 0.305 e. The van der Waals surface area contributed by atoms with Crippen molar-refractivity contribution >= 4 is 46.3 Å². The van der Waals surface area contributed by atoms with Crippen molar-refractivity contribution < 1.29 is 19.1 Å². The van der Waals surface area contributed by atoms with Crippen molar-refractivity contribution in [1.82, 2.24) is 4.90 Å². The molecule has 1 saturated heterocycles. The van der Waals surface area contributed by atoms with Gasteiger partial charge in [0.1, 0.15) is 10.1 Å². The van der Waals surface area contributed by atoms with Crippen LogP contribution in [0.1, 0.15) is 12.2 Å². The maximum absolute atomic E-state index is 12.1. The second-order valence-electron chi connectivity index (χ2n) is 4.26. The topological polar surface area (TPSA) is 70.8 Å². The van der Waals surface area contributed by atoms with Crippen molar-refractivity contribution in [2.24, 2.45) is 0 Å². The molecule has 22 heavy (non-hydrogen) atoms.